The molecular weight excluding hydrogens is 418 g/mol. The maximum absolute atomic E-state index is 12.4. The molecule has 8 heteroatoms. The summed E-state index contributed by atoms with van der Waals surface area (Å²) in [5, 5.41) is 3.97. The SMILES string of the molecule is CC(C)NC(=O)CCN(CCCN1CCOCC1)c1nc(-c2ccco2)nc2ccccc12. The molecule has 1 aromatic carbocycles. The van der Waals surface area contributed by atoms with E-state index in [-0.39, 0.29) is 11.9 Å². The van der Waals surface area contributed by atoms with Crippen LogP contribution in [0.1, 0.15) is 26.7 Å². The minimum Gasteiger partial charge on any atom is -0.461 e. The minimum absolute atomic E-state index is 0.0489. The van der Waals surface area contributed by atoms with E-state index in [4.69, 9.17) is 19.1 Å². The van der Waals surface area contributed by atoms with Crippen molar-refractivity contribution in [3.05, 3.63) is 42.7 Å². The first-order valence-corrected chi connectivity index (χ1v) is 11.8. The predicted octanol–water partition coefficient (Wildman–Crippen LogP) is 3.33. The Labute approximate surface area is 194 Å². The van der Waals surface area contributed by atoms with Gasteiger partial charge in [0, 0.05) is 50.6 Å². The first-order chi connectivity index (χ1) is 16.1. The first kappa shape index (κ1) is 23.2. The van der Waals surface area contributed by atoms with Crippen LogP contribution in [0.2, 0.25) is 0 Å². The number of carbonyl (C=O) groups excluding carboxylic acids is 1. The Hall–Kier alpha value is -2.97. The summed E-state index contributed by atoms with van der Waals surface area (Å²) in [4.78, 5) is 26.7. The number of furan rings is 1. The quantitative estimate of drug-likeness (QED) is 0.506. The average molecular weight is 452 g/mol. The average Bonchev–Trinajstić information content (AvgIpc) is 3.36. The molecule has 1 fully saturated rings. The van der Waals surface area contributed by atoms with E-state index in [0.29, 0.717) is 24.6 Å². The highest BCUT2D eigenvalue weighted by Crippen LogP contribution is 2.28. The number of nitrogens with zero attached hydrogens (tertiary/aromatic N) is 4. The van der Waals surface area contributed by atoms with E-state index in [1.165, 1.54) is 0 Å². The van der Waals surface area contributed by atoms with E-state index in [0.717, 1.165) is 62.5 Å². The third-order valence-corrected chi connectivity index (χ3v) is 5.69. The Morgan fingerprint density at radius 2 is 1.94 bits per heavy atom. The van der Waals surface area contributed by atoms with E-state index >= 15 is 0 Å². The molecule has 0 radical (unpaired) electrons. The van der Waals surface area contributed by atoms with Crippen molar-refractivity contribution in [2.45, 2.75) is 32.7 Å². The summed E-state index contributed by atoms with van der Waals surface area (Å²) in [6.07, 6.45) is 3.01. The van der Waals surface area contributed by atoms with Gasteiger partial charge in [-0.3, -0.25) is 9.69 Å². The monoisotopic (exact) mass is 451 g/mol. The van der Waals surface area contributed by atoms with Crippen molar-refractivity contribution in [1.82, 2.24) is 20.2 Å². The number of morpholine rings is 1. The molecule has 1 aliphatic rings. The van der Waals surface area contributed by atoms with Crippen LogP contribution in [0.15, 0.2) is 47.1 Å². The van der Waals surface area contributed by atoms with Gasteiger partial charge in [0.2, 0.25) is 5.91 Å². The number of nitrogens with one attached hydrogen (secondary N) is 1. The van der Waals surface area contributed by atoms with E-state index in [1.54, 1.807) is 6.26 Å². The van der Waals surface area contributed by atoms with Crippen LogP contribution < -0.4 is 10.2 Å². The van der Waals surface area contributed by atoms with Gasteiger partial charge in [-0.1, -0.05) is 12.1 Å². The summed E-state index contributed by atoms with van der Waals surface area (Å²) in [7, 11) is 0. The molecule has 0 aliphatic carbocycles. The number of ether oxygens (including phenoxy) is 1. The van der Waals surface area contributed by atoms with E-state index in [1.807, 2.05) is 50.2 Å². The number of hydrogen-bond acceptors (Lipinski definition) is 7. The molecule has 0 atom stereocenters. The van der Waals surface area contributed by atoms with E-state index < -0.39 is 0 Å². The second-order valence-electron chi connectivity index (χ2n) is 8.63. The number of benzene rings is 1. The molecule has 0 saturated carbocycles. The summed E-state index contributed by atoms with van der Waals surface area (Å²) in [6, 6.07) is 11.8. The lowest BCUT2D eigenvalue weighted by Crippen LogP contribution is -2.39. The molecular formula is C25H33N5O3. The minimum atomic E-state index is 0.0489. The molecule has 8 nitrogen and oxygen atoms in total. The lowest BCUT2D eigenvalue weighted by Gasteiger charge is -2.29. The Bertz CT molecular complexity index is 1030. The highest BCUT2D eigenvalue weighted by atomic mass is 16.5. The zero-order valence-corrected chi connectivity index (χ0v) is 19.5. The maximum Gasteiger partial charge on any atom is 0.221 e. The third kappa shape index (κ3) is 6.30. The molecule has 1 N–H and O–H groups in total. The Morgan fingerprint density at radius 1 is 1.12 bits per heavy atom. The number of para-hydroxylation sites is 1. The maximum atomic E-state index is 12.4. The third-order valence-electron chi connectivity index (χ3n) is 5.69. The van der Waals surface area contributed by atoms with Crippen molar-refractivity contribution in [3.63, 3.8) is 0 Å². The van der Waals surface area contributed by atoms with Crippen molar-refractivity contribution in [1.29, 1.82) is 0 Å². The zero-order valence-electron chi connectivity index (χ0n) is 19.5. The van der Waals surface area contributed by atoms with Gasteiger partial charge in [0.05, 0.1) is 25.0 Å². The smallest absolute Gasteiger partial charge is 0.221 e. The van der Waals surface area contributed by atoms with Gasteiger partial charge in [0.1, 0.15) is 5.82 Å². The number of anilines is 1. The normalized spacial score (nSPS) is 14.6. The van der Waals surface area contributed by atoms with Gasteiger partial charge >= 0.3 is 0 Å². The van der Waals surface area contributed by atoms with Crippen LogP contribution in [0.5, 0.6) is 0 Å². The molecule has 3 aromatic rings. The van der Waals surface area contributed by atoms with Gasteiger partial charge in [0.15, 0.2) is 11.6 Å². The highest BCUT2D eigenvalue weighted by molar-refractivity contribution is 5.91. The van der Waals surface area contributed by atoms with Crippen molar-refractivity contribution in [2.75, 3.05) is 50.8 Å². The first-order valence-electron chi connectivity index (χ1n) is 11.8. The van der Waals surface area contributed by atoms with Gasteiger partial charge in [-0.05, 0) is 44.5 Å². The molecule has 0 bridgehead atoms. The molecule has 2 aromatic heterocycles. The summed E-state index contributed by atoms with van der Waals surface area (Å²) < 4.78 is 11.0. The number of carbonyl (C=O) groups is 1. The van der Waals surface area contributed by atoms with Crippen LogP contribution in [-0.2, 0) is 9.53 Å². The van der Waals surface area contributed by atoms with Gasteiger partial charge in [-0.2, -0.15) is 0 Å². The molecule has 3 heterocycles. The summed E-state index contributed by atoms with van der Waals surface area (Å²) >= 11 is 0. The molecule has 0 spiro atoms. The van der Waals surface area contributed by atoms with Gasteiger partial charge in [-0.25, -0.2) is 9.97 Å². The fourth-order valence-corrected chi connectivity index (χ4v) is 4.08. The molecule has 176 valence electrons. The topological polar surface area (TPSA) is 83.7 Å². The molecule has 1 saturated heterocycles. The summed E-state index contributed by atoms with van der Waals surface area (Å²) in [5.74, 6) is 2.07. The van der Waals surface area contributed by atoms with E-state index in [2.05, 4.69) is 15.1 Å². The largest absolute Gasteiger partial charge is 0.461 e. The fraction of sp³-hybridized carbons (Fsp3) is 0.480. The fourth-order valence-electron chi connectivity index (χ4n) is 4.08. The molecule has 33 heavy (non-hydrogen) atoms. The number of hydrogen-bond donors (Lipinski definition) is 1. The standard InChI is InChI=1S/C25H33N5O3/c1-19(2)26-23(31)10-13-30(12-6-11-29-14-17-32-18-15-29)25-20-7-3-4-8-21(20)27-24(28-25)22-9-5-16-33-22/h3-5,7-9,16,19H,6,10-15,17-18H2,1-2H3,(H,26,31). The molecule has 1 amide bonds. The van der Waals surface area contributed by atoms with Crippen molar-refractivity contribution in [2.24, 2.45) is 0 Å². The molecule has 4 rings (SSSR count). The Balaban J connectivity index is 1.59. The van der Waals surface area contributed by atoms with Gasteiger partial charge in [-0.15, -0.1) is 0 Å². The highest BCUT2D eigenvalue weighted by Gasteiger charge is 2.19. The second-order valence-corrected chi connectivity index (χ2v) is 8.63. The van der Waals surface area contributed by atoms with Crippen LogP contribution >= 0.6 is 0 Å². The lowest BCUT2D eigenvalue weighted by molar-refractivity contribution is -0.121. The number of amides is 1. The summed E-state index contributed by atoms with van der Waals surface area (Å²) in [6.45, 7) is 9.85. The second kappa shape index (κ2) is 11.2. The van der Waals surface area contributed by atoms with Crippen LogP contribution in [0.4, 0.5) is 5.82 Å². The number of fused-ring (bicyclic) bond motifs is 1. The van der Waals surface area contributed by atoms with Crippen molar-refractivity contribution < 1.29 is 13.9 Å². The zero-order chi connectivity index (χ0) is 23.0. The van der Waals surface area contributed by atoms with E-state index in [9.17, 15) is 4.79 Å². The van der Waals surface area contributed by atoms with Gasteiger partial charge in [0.25, 0.3) is 0 Å². The van der Waals surface area contributed by atoms with Crippen molar-refractivity contribution in [3.8, 4) is 11.6 Å². The predicted molar refractivity (Wildman–Crippen MR) is 129 cm³/mol. The van der Waals surface area contributed by atoms with Crippen molar-refractivity contribution >= 4 is 22.6 Å². The Kier molecular flexibility index (Phi) is 7.91. The van der Waals surface area contributed by atoms with Crippen LogP contribution in [0.25, 0.3) is 22.5 Å². The molecule has 0 unspecified atom stereocenters. The van der Waals surface area contributed by atoms with Crippen LogP contribution in [0.3, 0.4) is 0 Å². The van der Waals surface area contributed by atoms with Crippen LogP contribution in [0, 0.1) is 0 Å². The van der Waals surface area contributed by atoms with Crippen LogP contribution in [-0.4, -0.2) is 72.8 Å². The Morgan fingerprint density at radius 3 is 2.70 bits per heavy atom. The lowest BCUT2D eigenvalue weighted by atomic mass is 10.2. The number of aromatic nitrogens is 2. The summed E-state index contributed by atoms with van der Waals surface area (Å²) in [5.41, 5.74) is 0.860. The number of rotatable bonds is 10. The van der Waals surface area contributed by atoms with Gasteiger partial charge < -0.3 is 19.4 Å². The molecule has 1 aliphatic heterocycles.